The summed E-state index contributed by atoms with van der Waals surface area (Å²) in [6.07, 6.45) is 3.61. The van der Waals surface area contributed by atoms with Crippen LogP contribution in [0.15, 0.2) is 60.9 Å². The van der Waals surface area contributed by atoms with Crippen LogP contribution in [0.25, 0.3) is 21.8 Å². The highest BCUT2D eigenvalue weighted by Gasteiger charge is 2.35. The summed E-state index contributed by atoms with van der Waals surface area (Å²) in [5.41, 5.74) is 3.03. The molecule has 2 amide bonds. The molecule has 198 valence electrons. The van der Waals surface area contributed by atoms with E-state index in [1.165, 1.54) is 17.4 Å². The van der Waals surface area contributed by atoms with Crippen molar-refractivity contribution in [3.8, 4) is 21.8 Å². The monoisotopic (exact) mass is 538 g/mol. The quantitative estimate of drug-likeness (QED) is 0.339. The number of likely N-dealkylation sites (tertiary alicyclic amines) is 1. The van der Waals surface area contributed by atoms with Crippen LogP contribution in [0.2, 0.25) is 0 Å². The third-order valence-corrected chi connectivity index (χ3v) is 7.57. The number of hydrogen-bond acceptors (Lipinski definition) is 6. The van der Waals surface area contributed by atoms with Gasteiger partial charge in [0.2, 0.25) is 0 Å². The van der Waals surface area contributed by atoms with E-state index in [9.17, 15) is 13.6 Å². The minimum atomic E-state index is -0.902. The average molecular weight is 539 g/mol. The lowest BCUT2D eigenvalue weighted by molar-refractivity contribution is 0.159. The number of ether oxygens (including phenoxy) is 1. The van der Waals surface area contributed by atoms with E-state index in [0.29, 0.717) is 42.5 Å². The molecule has 2 atom stereocenters. The molecule has 1 fully saturated rings. The van der Waals surface area contributed by atoms with Gasteiger partial charge in [0.15, 0.2) is 11.6 Å². The molecule has 8 nitrogen and oxygen atoms in total. The highest BCUT2D eigenvalue weighted by atomic mass is 32.1. The van der Waals surface area contributed by atoms with Gasteiger partial charge in [0.25, 0.3) is 0 Å². The van der Waals surface area contributed by atoms with Crippen LogP contribution in [-0.2, 0) is 11.8 Å². The van der Waals surface area contributed by atoms with Crippen LogP contribution in [0, 0.1) is 11.6 Å². The summed E-state index contributed by atoms with van der Waals surface area (Å²) in [5.74, 6) is -2.01. The number of benzene rings is 2. The number of rotatable bonds is 8. The van der Waals surface area contributed by atoms with Crippen molar-refractivity contribution in [1.29, 1.82) is 0 Å². The van der Waals surface area contributed by atoms with Crippen LogP contribution < -0.4 is 10.6 Å². The highest BCUT2D eigenvalue weighted by molar-refractivity contribution is 7.19. The second-order valence-corrected chi connectivity index (χ2v) is 10.2. The van der Waals surface area contributed by atoms with Crippen LogP contribution in [0.4, 0.5) is 18.6 Å². The number of carbonyl (C=O) groups excluding carboxylic acids is 1. The van der Waals surface area contributed by atoms with Crippen LogP contribution in [0.1, 0.15) is 11.5 Å². The molecule has 0 unspecified atom stereocenters. The Morgan fingerprint density at radius 3 is 2.66 bits per heavy atom. The first-order chi connectivity index (χ1) is 18.4. The maximum absolute atomic E-state index is 14.0. The van der Waals surface area contributed by atoms with Gasteiger partial charge >= 0.3 is 6.03 Å². The molecule has 0 bridgehead atoms. The van der Waals surface area contributed by atoms with Crippen molar-refractivity contribution in [2.24, 2.45) is 7.05 Å². The summed E-state index contributed by atoms with van der Waals surface area (Å²) < 4.78 is 34.5. The zero-order valence-corrected chi connectivity index (χ0v) is 21.8. The molecule has 11 heteroatoms. The van der Waals surface area contributed by atoms with E-state index in [0.717, 1.165) is 22.2 Å². The van der Waals surface area contributed by atoms with Gasteiger partial charge in [-0.2, -0.15) is 5.10 Å². The van der Waals surface area contributed by atoms with E-state index in [1.807, 2.05) is 43.6 Å². The van der Waals surface area contributed by atoms with Gasteiger partial charge in [0, 0.05) is 57.0 Å². The number of nitrogens with zero attached hydrogens (tertiary/aromatic N) is 4. The normalized spacial score (nSPS) is 17.6. The van der Waals surface area contributed by atoms with Gasteiger partial charge in [-0.25, -0.2) is 18.6 Å². The average Bonchev–Trinajstić information content (AvgIpc) is 3.63. The van der Waals surface area contributed by atoms with Gasteiger partial charge in [0.1, 0.15) is 15.7 Å². The number of thiazole rings is 1. The van der Waals surface area contributed by atoms with Gasteiger partial charge < -0.3 is 10.1 Å². The number of anilines is 1. The molecule has 3 heterocycles. The molecule has 1 aliphatic heterocycles. The second kappa shape index (κ2) is 11.4. The fraction of sp³-hybridized carbons (Fsp3) is 0.296. The smallest absolute Gasteiger partial charge is 0.320 e. The van der Waals surface area contributed by atoms with Crippen molar-refractivity contribution in [2.45, 2.75) is 12.0 Å². The summed E-state index contributed by atoms with van der Waals surface area (Å²) in [6, 6.07) is 12.8. The third kappa shape index (κ3) is 5.74. The molecule has 38 heavy (non-hydrogen) atoms. The van der Waals surface area contributed by atoms with E-state index < -0.39 is 17.7 Å². The number of amides is 2. The SMILES string of the molecule is COCCN1C[C@@H](NC(=O)Nc2sc(-c3cnn(C)c3)nc2-c2ccccc2)[C@H](c2ccc(F)c(F)c2)C1. The standard InChI is InChI=1S/C27H28F2N6O2S/c1-34-14-19(13-30-34)25-32-24(17-6-4-3-5-7-17)26(38-25)33-27(36)31-23-16-35(10-11-37-2)15-20(23)18-8-9-21(28)22(29)12-18/h3-9,12-14,20,23H,10-11,15-16H2,1-2H3,(H2,31,33,36)/t20-,23+/m0/s1. The summed E-state index contributed by atoms with van der Waals surface area (Å²) >= 11 is 1.36. The zero-order valence-electron chi connectivity index (χ0n) is 21.0. The topological polar surface area (TPSA) is 84.3 Å². The fourth-order valence-electron chi connectivity index (χ4n) is 4.67. The van der Waals surface area contributed by atoms with Crippen LogP contribution in [0.3, 0.4) is 0 Å². The Morgan fingerprint density at radius 1 is 1.13 bits per heavy atom. The molecule has 2 aromatic carbocycles. The zero-order chi connectivity index (χ0) is 26.6. The van der Waals surface area contributed by atoms with Crippen molar-refractivity contribution in [1.82, 2.24) is 25.0 Å². The van der Waals surface area contributed by atoms with Crippen LogP contribution in [-0.4, -0.2) is 65.1 Å². The number of aromatic nitrogens is 3. The van der Waals surface area contributed by atoms with Gasteiger partial charge in [-0.15, -0.1) is 0 Å². The van der Waals surface area contributed by atoms with E-state index >= 15 is 0 Å². The Hall–Kier alpha value is -3.67. The van der Waals surface area contributed by atoms with Crippen molar-refractivity contribution in [3.05, 3.63) is 78.1 Å². The van der Waals surface area contributed by atoms with E-state index in [2.05, 4.69) is 20.6 Å². The molecule has 0 saturated carbocycles. The van der Waals surface area contributed by atoms with Gasteiger partial charge in [-0.05, 0) is 17.7 Å². The molecule has 1 aliphatic rings. The first kappa shape index (κ1) is 26.0. The number of hydrogen-bond donors (Lipinski definition) is 2. The van der Waals surface area contributed by atoms with Crippen LogP contribution >= 0.6 is 11.3 Å². The predicted molar refractivity (Wildman–Crippen MR) is 143 cm³/mol. The lowest BCUT2D eigenvalue weighted by atomic mass is 9.94. The Morgan fingerprint density at radius 2 is 1.95 bits per heavy atom. The Balaban J connectivity index is 1.38. The third-order valence-electron chi connectivity index (χ3n) is 6.55. The van der Waals surface area contributed by atoms with Gasteiger partial charge in [0.05, 0.1) is 18.8 Å². The number of methoxy groups -OCH3 is 1. The summed E-state index contributed by atoms with van der Waals surface area (Å²) in [4.78, 5) is 20.2. The second-order valence-electron chi connectivity index (χ2n) is 9.20. The lowest BCUT2D eigenvalue weighted by Gasteiger charge is -2.20. The molecule has 5 rings (SSSR count). The molecule has 1 saturated heterocycles. The van der Waals surface area contributed by atoms with Crippen molar-refractivity contribution < 1.29 is 18.3 Å². The van der Waals surface area contributed by atoms with Crippen LogP contribution in [0.5, 0.6) is 0 Å². The largest absolute Gasteiger partial charge is 0.383 e. The first-order valence-electron chi connectivity index (χ1n) is 12.2. The molecule has 4 aromatic rings. The summed E-state index contributed by atoms with van der Waals surface area (Å²) in [5, 5.41) is 11.6. The Bertz CT molecular complexity index is 1410. The molecule has 2 N–H and O–H groups in total. The molecule has 0 radical (unpaired) electrons. The van der Waals surface area contributed by atoms with Gasteiger partial charge in [-0.3, -0.25) is 14.9 Å². The Labute approximate surface area is 223 Å². The first-order valence-corrected chi connectivity index (χ1v) is 13.0. The van der Waals surface area contributed by atoms with Crippen molar-refractivity contribution >= 4 is 22.4 Å². The highest BCUT2D eigenvalue weighted by Crippen LogP contribution is 2.38. The number of aryl methyl sites for hydroxylation is 1. The molecule has 0 aliphatic carbocycles. The molecular weight excluding hydrogens is 510 g/mol. The molecule has 2 aromatic heterocycles. The van der Waals surface area contributed by atoms with E-state index in [4.69, 9.17) is 9.72 Å². The fourth-order valence-corrected chi connectivity index (χ4v) is 5.63. The predicted octanol–water partition coefficient (Wildman–Crippen LogP) is 4.72. The van der Waals surface area contributed by atoms with E-state index in [-0.39, 0.29) is 12.0 Å². The number of urea groups is 1. The maximum atomic E-state index is 14.0. The summed E-state index contributed by atoms with van der Waals surface area (Å²) in [6.45, 7) is 2.33. The summed E-state index contributed by atoms with van der Waals surface area (Å²) in [7, 11) is 3.47. The number of nitrogens with one attached hydrogen (secondary N) is 2. The number of carbonyl (C=O) groups is 1. The number of halogens is 2. The maximum Gasteiger partial charge on any atom is 0.320 e. The van der Waals surface area contributed by atoms with E-state index in [1.54, 1.807) is 24.1 Å². The Kier molecular flexibility index (Phi) is 7.77. The minimum Gasteiger partial charge on any atom is -0.383 e. The van der Waals surface area contributed by atoms with Gasteiger partial charge in [-0.1, -0.05) is 47.7 Å². The van der Waals surface area contributed by atoms with Crippen molar-refractivity contribution in [3.63, 3.8) is 0 Å². The minimum absolute atomic E-state index is 0.214. The van der Waals surface area contributed by atoms with Crippen molar-refractivity contribution in [2.75, 3.05) is 38.7 Å². The molecular formula is C27H28F2N6O2S. The lowest BCUT2D eigenvalue weighted by Crippen LogP contribution is -2.42. The molecule has 0 spiro atoms.